The zero-order chi connectivity index (χ0) is 19.4. The molecule has 0 saturated carbocycles. The van der Waals surface area contributed by atoms with Crippen molar-refractivity contribution < 1.29 is 0 Å². The maximum absolute atomic E-state index is 3.70. The first-order chi connectivity index (χ1) is 14.3. The van der Waals surface area contributed by atoms with Crippen molar-refractivity contribution in [1.29, 1.82) is 0 Å². The van der Waals surface area contributed by atoms with Gasteiger partial charge in [0, 0.05) is 4.47 Å². The molecular weight excluding hydrogens is 416 g/mol. The lowest BCUT2D eigenvalue weighted by Gasteiger charge is -2.13. The molecule has 0 saturated heterocycles. The topological polar surface area (TPSA) is 0 Å². The highest BCUT2D eigenvalue weighted by Gasteiger charge is 2.11. The average molecular weight is 433 g/mol. The van der Waals surface area contributed by atoms with Crippen molar-refractivity contribution in [3.63, 3.8) is 0 Å². The van der Waals surface area contributed by atoms with E-state index in [1.165, 1.54) is 54.2 Å². The molecule has 0 bridgehead atoms. The second-order valence-electron chi connectivity index (χ2n) is 7.53. The third-order valence-electron chi connectivity index (χ3n) is 5.88. The minimum atomic E-state index is 1.11. The molecular formula is C28H17Br. The van der Waals surface area contributed by atoms with Crippen LogP contribution in [0.5, 0.6) is 0 Å². The second-order valence-corrected chi connectivity index (χ2v) is 8.44. The van der Waals surface area contributed by atoms with Gasteiger partial charge in [0.15, 0.2) is 0 Å². The fraction of sp³-hybridized carbons (Fsp3) is 0. The van der Waals surface area contributed by atoms with Gasteiger partial charge in [-0.2, -0.15) is 0 Å². The Kier molecular flexibility index (Phi) is 3.72. The summed E-state index contributed by atoms with van der Waals surface area (Å²) in [6, 6.07) is 37.4. The van der Waals surface area contributed by atoms with Gasteiger partial charge in [-0.3, -0.25) is 0 Å². The van der Waals surface area contributed by atoms with Crippen LogP contribution in [-0.4, -0.2) is 0 Å². The van der Waals surface area contributed by atoms with Crippen LogP contribution in [0.15, 0.2) is 108 Å². The van der Waals surface area contributed by atoms with Gasteiger partial charge in [0.05, 0.1) is 0 Å². The molecule has 6 aromatic carbocycles. The minimum Gasteiger partial charge on any atom is -0.0616 e. The summed E-state index contributed by atoms with van der Waals surface area (Å²) in [7, 11) is 0. The highest BCUT2D eigenvalue weighted by atomic mass is 79.9. The van der Waals surface area contributed by atoms with E-state index in [1.54, 1.807) is 0 Å². The van der Waals surface area contributed by atoms with Crippen LogP contribution in [0.25, 0.3) is 54.2 Å². The molecule has 0 heterocycles. The smallest absolute Gasteiger partial charge is 0.0187 e. The van der Waals surface area contributed by atoms with E-state index in [0.29, 0.717) is 0 Å². The molecule has 0 nitrogen and oxygen atoms in total. The summed E-state index contributed by atoms with van der Waals surface area (Å²) in [5.41, 5.74) is 2.50. The molecule has 29 heavy (non-hydrogen) atoms. The lowest BCUT2D eigenvalue weighted by molar-refractivity contribution is 1.66. The van der Waals surface area contributed by atoms with Crippen molar-refractivity contribution in [2.75, 3.05) is 0 Å². The normalized spacial score (nSPS) is 11.6. The SMILES string of the molecule is Brc1cc(-c2ccc3c4ccccc4c4ccccc4c3c2)c2ccccc2c1. The molecule has 0 aliphatic heterocycles. The monoisotopic (exact) mass is 432 g/mol. The van der Waals surface area contributed by atoms with E-state index >= 15 is 0 Å². The van der Waals surface area contributed by atoms with Gasteiger partial charge in [-0.25, -0.2) is 0 Å². The van der Waals surface area contributed by atoms with Gasteiger partial charge in [0.25, 0.3) is 0 Å². The van der Waals surface area contributed by atoms with Crippen molar-refractivity contribution in [3.8, 4) is 11.1 Å². The lowest BCUT2D eigenvalue weighted by Crippen LogP contribution is -1.86. The van der Waals surface area contributed by atoms with Gasteiger partial charge in [-0.1, -0.05) is 101 Å². The Morgan fingerprint density at radius 3 is 1.59 bits per heavy atom. The van der Waals surface area contributed by atoms with E-state index in [4.69, 9.17) is 0 Å². The molecule has 1 heteroatoms. The van der Waals surface area contributed by atoms with E-state index in [2.05, 4.69) is 119 Å². The molecule has 6 aromatic rings. The van der Waals surface area contributed by atoms with Gasteiger partial charge in [-0.15, -0.1) is 0 Å². The summed E-state index contributed by atoms with van der Waals surface area (Å²) in [6.45, 7) is 0. The first-order valence-corrected chi connectivity index (χ1v) is 10.6. The Bertz CT molecular complexity index is 1520. The zero-order valence-corrected chi connectivity index (χ0v) is 17.3. The van der Waals surface area contributed by atoms with Gasteiger partial charge in [0.2, 0.25) is 0 Å². The third kappa shape index (κ3) is 2.58. The predicted octanol–water partition coefficient (Wildman–Crippen LogP) is 8.73. The van der Waals surface area contributed by atoms with Crippen molar-refractivity contribution in [2.24, 2.45) is 0 Å². The minimum absolute atomic E-state index is 1.11. The predicted molar refractivity (Wildman–Crippen MR) is 130 cm³/mol. The van der Waals surface area contributed by atoms with Crippen LogP contribution in [0, 0.1) is 0 Å². The van der Waals surface area contributed by atoms with Crippen LogP contribution in [0.1, 0.15) is 0 Å². The molecule has 136 valence electrons. The van der Waals surface area contributed by atoms with Crippen LogP contribution < -0.4 is 0 Å². The zero-order valence-electron chi connectivity index (χ0n) is 15.7. The average Bonchev–Trinajstić information content (AvgIpc) is 2.78. The Morgan fingerprint density at radius 2 is 0.931 bits per heavy atom. The highest BCUT2D eigenvalue weighted by Crippen LogP contribution is 2.39. The molecule has 0 atom stereocenters. The van der Waals surface area contributed by atoms with Gasteiger partial charge < -0.3 is 0 Å². The van der Waals surface area contributed by atoms with Gasteiger partial charge >= 0.3 is 0 Å². The quantitative estimate of drug-likeness (QED) is 0.228. The number of halogens is 1. The first-order valence-electron chi connectivity index (χ1n) is 9.81. The third-order valence-corrected chi connectivity index (χ3v) is 6.34. The fourth-order valence-corrected chi connectivity index (χ4v) is 5.06. The van der Waals surface area contributed by atoms with Crippen molar-refractivity contribution >= 4 is 59.0 Å². The molecule has 0 N–H and O–H groups in total. The Morgan fingerprint density at radius 1 is 0.414 bits per heavy atom. The molecule has 6 rings (SSSR count). The lowest BCUT2D eigenvalue weighted by atomic mass is 9.91. The summed E-state index contributed by atoms with van der Waals surface area (Å²) in [5, 5.41) is 10.4. The van der Waals surface area contributed by atoms with Crippen LogP contribution in [0.3, 0.4) is 0 Å². The van der Waals surface area contributed by atoms with Crippen molar-refractivity contribution in [1.82, 2.24) is 0 Å². The van der Waals surface area contributed by atoms with Gasteiger partial charge in [0.1, 0.15) is 0 Å². The van der Waals surface area contributed by atoms with E-state index in [-0.39, 0.29) is 0 Å². The van der Waals surface area contributed by atoms with Crippen LogP contribution in [-0.2, 0) is 0 Å². The molecule has 0 aliphatic carbocycles. The fourth-order valence-electron chi connectivity index (χ4n) is 4.59. The number of fused-ring (bicyclic) bond motifs is 7. The molecule has 0 radical (unpaired) electrons. The number of rotatable bonds is 1. The standard InChI is InChI=1S/C28H17Br/c29-20-15-18-7-1-2-8-21(18)27(17-20)19-13-14-26-24-11-4-3-9-22(24)23-10-5-6-12-25(23)28(26)16-19/h1-17H. The van der Waals surface area contributed by atoms with E-state index in [9.17, 15) is 0 Å². The largest absolute Gasteiger partial charge is 0.0616 e. The molecule has 0 amide bonds. The highest BCUT2D eigenvalue weighted by molar-refractivity contribution is 9.10. The summed E-state index contributed by atoms with van der Waals surface area (Å²) >= 11 is 3.70. The Labute approximate surface area is 177 Å². The van der Waals surface area contributed by atoms with Crippen LogP contribution in [0.2, 0.25) is 0 Å². The Balaban J connectivity index is 1.76. The summed E-state index contributed by atoms with van der Waals surface area (Å²) in [4.78, 5) is 0. The maximum atomic E-state index is 3.70. The number of hydrogen-bond donors (Lipinski definition) is 0. The van der Waals surface area contributed by atoms with Crippen LogP contribution in [0.4, 0.5) is 0 Å². The Hall–Kier alpha value is -3.16. The van der Waals surface area contributed by atoms with Crippen LogP contribution >= 0.6 is 15.9 Å². The van der Waals surface area contributed by atoms with E-state index in [1.807, 2.05) is 0 Å². The summed E-state index contributed by atoms with van der Waals surface area (Å²) in [6.07, 6.45) is 0. The van der Waals surface area contributed by atoms with Gasteiger partial charge in [-0.05, 0) is 72.4 Å². The summed E-state index contributed by atoms with van der Waals surface area (Å²) in [5.74, 6) is 0. The first kappa shape index (κ1) is 16.8. The number of benzene rings is 6. The second kappa shape index (κ2) is 6.43. The number of hydrogen-bond acceptors (Lipinski definition) is 0. The van der Waals surface area contributed by atoms with E-state index < -0.39 is 0 Å². The molecule has 0 unspecified atom stereocenters. The molecule has 0 spiro atoms. The molecule has 0 aliphatic rings. The molecule has 0 aromatic heterocycles. The summed E-state index contributed by atoms with van der Waals surface area (Å²) < 4.78 is 1.11. The van der Waals surface area contributed by atoms with E-state index in [0.717, 1.165) is 4.47 Å². The molecule has 0 fully saturated rings. The van der Waals surface area contributed by atoms with Crippen molar-refractivity contribution in [3.05, 3.63) is 108 Å². The maximum Gasteiger partial charge on any atom is 0.0187 e. The van der Waals surface area contributed by atoms with Crippen molar-refractivity contribution in [2.45, 2.75) is 0 Å².